The van der Waals surface area contributed by atoms with E-state index in [1.165, 1.54) is 11.1 Å². The van der Waals surface area contributed by atoms with Crippen LogP contribution < -0.4 is 5.32 Å². The molecule has 14 heavy (non-hydrogen) atoms. The van der Waals surface area contributed by atoms with Gasteiger partial charge in [0.2, 0.25) is 0 Å². The minimum Gasteiger partial charge on any atom is -0.313 e. The molecule has 1 aromatic rings. The van der Waals surface area contributed by atoms with E-state index in [-0.39, 0.29) is 0 Å². The van der Waals surface area contributed by atoms with Crippen molar-refractivity contribution in [2.24, 2.45) is 0 Å². The molecule has 0 saturated carbocycles. The summed E-state index contributed by atoms with van der Waals surface area (Å²) < 4.78 is 0. The van der Waals surface area contributed by atoms with E-state index < -0.39 is 0 Å². The monoisotopic (exact) mass is 189 g/mol. The minimum absolute atomic E-state index is 0.892. The van der Waals surface area contributed by atoms with Crippen LogP contribution in [0.15, 0.2) is 18.5 Å². The molecule has 1 aromatic heterocycles. The van der Waals surface area contributed by atoms with Crippen molar-refractivity contribution in [2.75, 3.05) is 13.1 Å². The number of hydrogen-bond acceptors (Lipinski definition) is 3. The molecule has 0 amide bonds. The Hall–Kier alpha value is -1.22. The largest absolute Gasteiger partial charge is 0.313 e. The number of nitrogens with zero attached hydrogens (tertiary/aromatic N) is 2. The van der Waals surface area contributed by atoms with Gasteiger partial charge in [-0.05, 0) is 30.5 Å². The summed E-state index contributed by atoms with van der Waals surface area (Å²) >= 11 is 0. The van der Waals surface area contributed by atoms with E-state index in [1.54, 1.807) is 0 Å². The molecule has 0 saturated heterocycles. The maximum atomic E-state index is 4.37. The van der Waals surface area contributed by atoms with Crippen LogP contribution in [-0.4, -0.2) is 23.1 Å². The van der Waals surface area contributed by atoms with E-state index in [2.05, 4.69) is 28.3 Å². The van der Waals surface area contributed by atoms with Gasteiger partial charge in [-0.15, -0.1) is 0 Å². The van der Waals surface area contributed by atoms with Crippen LogP contribution >= 0.6 is 0 Å². The topological polar surface area (TPSA) is 37.8 Å². The first-order valence-corrected chi connectivity index (χ1v) is 5.11. The summed E-state index contributed by atoms with van der Waals surface area (Å²) in [5, 5.41) is 3.28. The summed E-state index contributed by atoms with van der Waals surface area (Å²) in [6, 6.07) is 0. The zero-order valence-electron chi connectivity index (χ0n) is 8.45. The molecular formula is C11H15N3. The second kappa shape index (κ2) is 4.33. The Morgan fingerprint density at radius 1 is 1.36 bits per heavy atom. The van der Waals surface area contributed by atoms with Gasteiger partial charge in [-0.2, -0.15) is 0 Å². The molecule has 0 radical (unpaired) electrons. The molecule has 0 bridgehead atoms. The van der Waals surface area contributed by atoms with Gasteiger partial charge in [0.25, 0.3) is 0 Å². The molecule has 0 aliphatic carbocycles. The van der Waals surface area contributed by atoms with Crippen molar-refractivity contribution in [2.45, 2.75) is 19.8 Å². The Morgan fingerprint density at radius 2 is 2.14 bits per heavy atom. The Morgan fingerprint density at radius 3 is 2.71 bits per heavy atom. The summed E-state index contributed by atoms with van der Waals surface area (Å²) in [6.45, 7) is 4.08. The lowest BCUT2D eigenvalue weighted by molar-refractivity contribution is 0.734. The second-order valence-electron chi connectivity index (χ2n) is 3.45. The molecule has 3 nitrogen and oxygen atoms in total. The third-order valence-electron chi connectivity index (χ3n) is 2.46. The smallest absolute Gasteiger partial charge is 0.154 e. The summed E-state index contributed by atoms with van der Waals surface area (Å²) in [7, 11) is 0. The van der Waals surface area contributed by atoms with Gasteiger partial charge in [-0.25, -0.2) is 9.97 Å². The van der Waals surface area contributed by atoms with Crippen LogP contribution in [0.25, 0.3) is 5.57 Å². The number of rotatable bonds is 2. The average Bonchev–Trinajstić information content (AvgIpc) is 2.30. The number of aromatic nitrogens is 2. The lowest BCUT2D eigenvalue weighted by Gasteiger charge is -2.12. The molecule has 0 unspecified atom stereocenters. The first-order chi connectivity index (χ1) is 6.90. The first-order valence-electron chi connectivity index (χ1n) is 5.11. The molecular weight excluding hydrogens is 174 g/mol. The highest BCUT2D eigenvalue weighted by atomic mass is 14.9. The Labute approximate surface area is 84.3 Å². The van der Waals surface area contributed by atoms with E-state index in [9.17, 15) is 0 Å². The van der Waals surface area contributed by atoms with E-state index in [1.807, 2.05) is 12.4 Å². The normalized spacial score (nSPS) is 16.5. The zero-order chi connectivity index (χ0) is 9.80. The molecule has 2 heterocycles. The third kappa shape index (κ3) is 1.99. The van der Waals surface area contributed by atoms with Crippen molar-refractivity contribution in [3.63, 3.8) is 0 Å². The highest BCUT2D eigenvalue weighted by Crippen LogP contribution is 2.14. The first kappa shape index (κ1) is 9.34. The quantitative estimate of drug-likeness (QED) is 0.764. The van der Waals surface area contributed by atoms with Crippen LogP contribution in [0.4, 0.5) is 0 Å². The highest BCUT2D eigenvalue weighted by Gasteiger charge is 2.07. The van der Waals surface area contributed by atoms with Crippen molar-refractivity contribution >= 4 is 5.57 Å². The van der Waals surface area contributed by atoms with Crippen LogP contribution in [0, 0.1) is 0 Å². The number of nitrogens with one attached hydrogen (secondary N) is 1. The minimum atomic E-state index is 0.892. The van der Waals surface area contributed by atoms with E-state index in [4.69, 9.17) is 0 Å². The zero-order valence-corrected chi connectivity index (χ0v) is 8.45. The number of hydrogen-bond donors (Lipinski definition) is 1. The maximum Gasteiger partial charge on any atom is 0.154 e. The molecule has 0 atom stereocenters. The van der Waals surface area contributed by atoms with Crippen molar-refractivity contribution in [1.29, 1.82) is 0 Å². The van der Waals surface area contributed by atoms with Crippen LogP contribution in [0.2, 0.25) is 0 Å². The van der Waals surface area contributed by atoms with E-state index in [0.717, 1.165) is 31.8 Å². The summed E-state index contributed by atoms with van der Waals surface area (Å²) in [4.78, 5) is 8.73. The van der Waals surface area contributed by atoms with Crippen LogP contribution in [-0.2, 0) is 6.42 Å². The van der Waals surface area contributed by atoms with Gasteiger partial charge >= 0.3 is 0 Å². The molecule has 74 valence electrons. The number of aryl methyl sites for hydroxylation is 1. The molecule has 1 N–H and O–H groups in total. The molecule has 2 rings (SSSR count). The van der Waals surface area contributed by atoms with Gasteiger partial charge in [-0.1, -0.05) is 13.0 Å². The fourth-order valence-corrected chi connectivity index (χ4v) is 1.53. The Kier molecular flexibility index (Phi) is 2.89. The van der Waals surface area contributed by atoms with Crippen molar-refractivity contribution in [3.8, 4) is 0 Å². The SMILES string of the molecule is CCc1cnc(C2=CCNCC2)nc1. The molecule has 0 aromatic carbocycles. The second-order valence-corrected chi connectivity index (χ2v) is 3.45. The van der Waals surface area contributed by atoms with Crippen LogP contribution in [0.5, 0.6) is 0 Å². The standard InChI is InChI=1S/C11H15N3/c1-2-9-7-13-11(14-8-9)10-3-5-12-6-4-10/h3,7-8,12H,2,4-6H2,1H3. The van der Waals surface area contributed by atoms with Crippen LogP contribution in [0.1, 0.15) is 24.7 Å². The molecule has 1 aliphatic rings. The Balaban J connectivity index is 2.19. The van der Waals surface area contributed by atoms with Gasteiger partial charge in [0.05, 0.1) is 0 Å². The maximum absolute atomic E-state index is 4.37. The van der Waals surface area contributed by atoms with E-state index >= 15 is 0 Å². The molecule has 3 heteroatoms. The summed E-state index contributed by atoms with van der Waals surface area (Å²) in [5.41, 5.74) is 2.47. The van der Waals surface area contributed by atoms with Gasteiger partial charge in [0, 0.05) is 18.9 Å². The van der Waals surface area contributed by atoms with Crippen LogP contribution in [0.3, 0.4) is 0 Å². The van der Waals surface area contributed by atoms with Crippen molar-refractivity contribution in [1.82, 2.24) is 15.3 Å². The van der Waals surface area contributed by atoms with Gasteiger partial charge in [0.1, 0.15) is 0 Å². The third-order valence-corrected chi connectivity index (χ3v) is 2.46. The van der Waals surface area contributed by atoms with Gasteiger partial charge in [0.15, 0.2) is 5.82 Å². The summed E-state index contributed by atoms with van der Waals surface area (Å²) in [6.07, 6.45) is 8.05. The van der Waals surface area contributed by atoms with Gasteiger partial charge < -0.3 is 5.32 Å². The van der Waals surface area contributed by atoms with Crippen molar-refractivity contribution < 1.29 is 0 Å². The highest BCUT2D eigenvalue weighted by molar-refractivity contribution is 5.60. The lowest BCUT2D eigenvalue weighted by Crippen LogP contribution is -2.20. The average molecular weight is 189 g/mol. The van der Waals surface area contributed by atoms with Crippen molar-refractivity contribution in [3.05, 3.63) is 29.9 Å². The fraction of sp³-hybridized carbons (Fsp3) is 0.455. The predicted octanol–water partition coefficient (Wildman–Crippen LogP) is 1.42. The predicted molar refractivity (Wildman–Crippen MR) is 56.9 cm³/mol. The molecule has 1 aliphatic heterocycles. The molecule has 0 fully saturated rings. The fourth-order valence-electron chi connectivity index (χ4n) is 1.53. The van der Waals surface area contributed by atoms with E-state index in [0.29, 0.717) is 0 Å². The summed E-state index contributed by atoms with van der Waals surface area (Å²) in [5.74, 6) is 0.892. The Bertz CT molecular complexity index is 327. The lowest BCUT2D eigenvalue weighted by atomic mass is 10.1. The van der Waals surface area contributed by atoms with Gasteiger partial charge in [-0.3, -0.25) is 0 Å². The molecule has 0 spiro atoms.